The van der Waals surface area contributed by atoms with Crippen LogP contribution in [0.2, 0.25) is 0 Å². The SMILES string of the molecule is CCOc1cc(C=Nc2ccc(Oc3ccccc3)cc2)cc(Br)c1OCC(=O)Nc1ccccc1. The van der Waals surface area contributed by atoms with Crippen molar-refractivity contribution in [1.82, 2.24) is 0 Å². The summed E-state index contributed by atoms with van der Waals surface area (Å²) in [6.45, 7) is 2.18. The Hall–Kier alpha value is -4.10. The van der Waals surface area contributed by atoms with E-state index in [0.717, 1.165) is 22.7 Å². The van der Waals surface area contributed by atoms with Crippen LogP contribution in [0.1, 0.15) is 12.5 Å². The molecule has 0 radical (unpaired) electrons. The Balaban J connectivity index is 1.42. The summed E-state index contributed by atoms with van der Waals surface area (Å²) in [7, 11) is 0. The van der Waals surface area contributed by atoms with Crippen LogP contribution in [0.3, 0.4) is 0 Å². The molecule has 4 aromatic rings. The van der Waals surface area contributed by atoms with Crippen LogP contribution < -0.4 is 19.5 Å². The molecule has 0 saturated heterocycles. The maximum absolute atomic E-state index is 12.3. The van der Waals surface area contributed by atoms with Gasteiger partial charge in [-0.1, -0.05) is 36.4 Å². The molecule has 0 bridgehead atoms. The topological polar surface area (TPSA) is 69.1 Å². The third-order valence-corrected chi connectivity index (χ3v) is 5.50. The van der Waals surface area contributed by atoms with E-state index in [1.54, 1.807) is 6.21 Å². The molecule has 0 spiro atoms. The lowest BCUT2D eigenvalue weighted by atomic mass is 10.2. The number of aliphatic imine (C=N–C) groups is 1. The number of para-hydroxylation sites is 2. The summed E-state index contributed by atoms with van der Waals surface area (Å²) < 4.78 is 18.0. The van der Waals surface area contributed by atoms with Crippen molar-refractivity contribution >= 4 is 39.4 Å². The molecule has 0 saturated carbocycles. The molecule has 0 fully saturated rings. The highest BCUT2D eigenvalue weighted by Crippen LogP contribution is 2.37. The van der Waals surface area contributed by atoms with Gasteiger partial charge in [-0.3, -0.25) is 9.79 Å². The van der Waals surface area contributed by atoms with E-state index < -0.39 is 0 Å². The molecule has 0 aliphatic carbocycles. The highest BCUT2D eigenvalue weighted by atomic mass is 79.9. The second kappa shape index (κ2) is 12.6. The first-order valence-corrected chi connectivity index (χ1v) is 12.2. The lowest BCUT2D eigenvalue weighted by Gasteiger charge is -2.14. The Kier molecular flexibility index (Phi) is 8.72. The third kappa shape index (κ3) is 7.20. The maximum Gasteiger partial charge on any atom is 0.262 e. The molecular formula is C29H25BrN2O4. The Morgan fingerprint density at radius 3 is 2.25 bits per heavy atom. The average molecular weight is 545 g/mol. The fourth-order valence-corrected chi connectivity index (χ4v) is 3.87. The first kappa shape index (κ1) is 25.0. The molecule has 1 N–H and O–H groups in total. The molecule has 1 amide bonds. The highest BCUT2D eigenvalue weighted by molar-refractivity contribution is 9.10. The lowest BCUT2D eigenvalue weighted by molar-refractivity contribution is -0.118. The number of nitrogens with one attached hydrogen (secondary N) is 1. The number of amides is 1. The summed E-state index contributed by atoms with van der Waals surface area (Å²) in [5.41, 5.74) is 2.31. The van der Waals surface area contributed by atoms with Gasteiger partial charge in [0.15, 0.2) is 18.1 Å². The molecule has 4 rings (SSSR count). The molecule has 0 atom stereocenters. The number of ether oxygens (including phenoxy) is 3. The van der Waals surface area contributed by atoms with E-state index in [0.29, 0.717) is 28.3 Å². The van der Waals surface area contributed by atoms with Crippen molar-refractivity contribution in [3.05, 3.63) is 107 Å². The van der Waals surface area contributed by atoms with Crippen molar-refractivity contribution in [3.8, 4) is 23.0 Å². The summed E-state index contributed by atoms with van der Waals surface area (Å²) in [5, 5.41) is 2.80. The van der Waals surface area contributed by atoms with Crippen LogP contribution in [0.15, 0.2) is 107 Å². The van der Waals surface area contributed by atoms with Crippen molar-refractivity contribution < 1.29 is 19.0 Å². The van der Waals surface area contributed by atoms with Gasteiger partial charge in [0.2, 0.25) is 0 Å². The molecule has 7 heteroatoms. The van der Waals surface area contributed by atoms with Crippen molar-refractivity contribution in [2.24, 2.45) is 4.99 Å². The van der Waals surface area contributed by atoms with E-state index in [-0.39, 0.29) is 12.5 Å². The first-order valence-electron chi connectivity index (χ1n) is 11.4. The zero-order chi connectivity index (χ0) is 25.2. The van der Waals surface area contributed by atoms with Crippen molar-refractivity contribution in [2.45, 2.75) is 6.92 Å². The lowest BCUT2D eigenvalue weighted by Crippen LogP contribution is -2.20. The fourth-order valence-electron chi connectivity index (χ4n) is 3.30. The number of carbonyl (C=O) groups excluding carboxylic acids is 1. The summed E-state index contributed by atoms with van der Waals surface area (Å²) in [4.78, 5) is 16.9. The molecule has 0 heterocycles. The number of rotatable bonds is 10. The zero-order valence-corrected chi connectivity index (χ0v) is 21.3. The smallest absolute Gasteiger partial charge is 0.262 e. The normalized spacial score (nSPS) is 10.7. The van der Waals surface area contributed by atoms with E-state index in [9.17, 15) is 4.79 Å². The fraction of sp³-hybridized carbons (Fsp3) is 0.103. The molecule has 0 aliphatic heterocycles. The minimum atomic E-state index is -0.263. The largest absolute Gasteiger partial charge is 0.490 e. The average Bonchev–Trinajstić information content (AvgIpc) is 2.89. The molecular weight excluding hydrogens is 520 g/mol. The highest BCUT2D eigenvalue weighted by Gasteiger charge is 2.14. The number of carbonyl (C=O) groups is 1. The standard InChI is InChI=1S/C29H25BrN2O4/c1-2-34-27-18-21(17-26(30)29(27)35-20-28(33)32-23-9-5-3-6-10-23)19-31-22-13-15-25(16-14-22)36-24-11-7-4-8-12-24/h3-19H,2,20H2,1H3,(H,32,33). The van der Waals surface area contributed by atoms with Gasteiger partial charge in [0, 0.05) is 11.9 Å². The van der Waals surface area contributed by atoms with Gasteiger partial charge in [-0.2, -0.15) is 0 Å². The minimum Gasteiger partial charge on any atom is -0.490 e. The molecule has 6 nitrogen and oxygen atoms in total. The van der Waals surface area contributed by atoms with Crippen LogP contribution in [0.4, 0.5) is 11.4 Å². The van der Waals surface area contributed by atoms with Crippen LogP contribution in [-0.2, 0) is 4.79 Å². The molecule has 182 valence electrons. The number of anilines is 1. The second-order valence-electron chi connectivity index (χ2n) is 7.63. The van der Waals surface area contributed by atoms with Gasteiger partial charge in [-0.15, -0.1) is 0 Å². The van der Waals surface area contributed by atoms with Gasteiger partial charge in [0.25, 0.3) is 5.91 Å². The van der Waals surface area contributed by atoms with Crippen molar-refractivity contribution in [2.75, 3.05) is 18.5 Å². The molecule has 4 aromatic carbocycles. The quantitative estimate of drug-likeness (QED) is 0.211. The molecule has 0 aliphatic rings. The van der Waals surface area contributed by atoms with Crippen LogP contribution >= 0.6 is 15.9 Å². The number of nitrogens with zero attached hydrogens (tertiary/aromatic N) is 1. The van der Waals surface area contributed by atoms with Crippen LogP contribution in [0.25, 0.3) is 0 Å². The van der Waals surface area contributed by atoms with Gasteiger partial charge in [0.1, 0.15) is 11.5 Å². The van der Waals surface area contributed by atoms with Crippen molar-refractivity contribution in [1.29, 1.82) is 0 Å². The van der Waals surface area contributed by atoms with Crippen LogP contribution in [-0.4, -0.2) is 25.3 Å². The van der Waals surface area contributed by atoms with E-state index in [2.05, 4.69) is 26.2 Å². The van der Waals surface area contributed by atoms with E-state index >= 15 is 0 Å². The Bertz CT molecular complexity index is 1310. The van der Waals surface area contributed by atoms with E-state index in [1.807, 2.05) is 104 Å². The number of benzene rings is 4. The summed E-state index contributed by atoms with van der Waals surface area (Å²) in [6.07, 6.45) is 1.74. The maximum atomic E-state index is 12.3. The summed E-state index contributed by atoms with van der Waals surface area (Å²) in [5.74, 6) is 2.23. The van der Waals surface area contributed by atoms with Gasteiger partial charge in [-0.25, -0.2) is 0 Å². The van der Waals surface area contributed by atoms with Crippen molar-refractivity contribution in [3.63, 3.8) is 0 Å². The van der Waals surface area contributed by atoms with Gasteiger partial charge in [0.05, 0.1) is 16.8 Å². The predicted octanol–water partition coefficient (Wildman–Crippen LogP) is 7.41. The monoisotopic (exact) mass is 544 g/mol. The summed E-state index contributed by atoms with van der Waals surface area (Å²) in [6, 6.07) is 30.1. The zero-order valence-electron chi connectivity index (χ0n) is 19.7. The van der Waals surface area contributed by atoms with Crippen LogP contribution in [0, 0.1) is 0 Å². The number of hydrogen-bond donors (Lipinski definition) is 1. The van der Waals surface area contributed by atoms with E-state index in [1.165, 1.54) is 0 Å². The van der Waals surface area contributed by atoms with Crippen LogP contribution in [0.5, 0.6) is 23.0 Å². The molecule has 0 unspecified atom stereocenters. The predicted molar refractivity (Wildman–Crippen MR) is 146 cm³/mol. The van der Waals surface area contributed by atoms with Gasteiger partial charge < -0.3 is 19.5 Å². The Morgan fingerprint density at radius 2 is 1.56 bits per heavy atom. The van der Waals surface area contributed by atoms with Gasteiger partial charge in [-0.05, 0) is 89.1 Å². The number of hydrogen-bond acceptors (Lipinski definition) is 5. The second-order valence-corrected chi connectivity index (χ2v) is 8.49. The first-order chi connectivity index (χ1) is 17.6. The van der Waals surface area contributed by atoms with Gasteiger partial charge >= 0.3 is 0 Å². The molecule has 36 heavy (non-hydrogen) atoms. The summed E-state index contributed by atoms with van der Waals surface area (Å²) >= 11 is 3.54. The molecule has 0 aromatic heterocycles. The van der Waals surface area contributed by atoms with E-state index in [4.69, 9.17) is 14.2 Å². The Morgan fingerprint density at radius 1 is 0.889 bits per heavy atom. The number of halogens is 1. The Labute approximate surface area is 218 Å². The third-order valence-electron chi connectivity index (χ3n) is 4.92. The minimum absolute atomic E-state index is 0.154.